The fourth-order valence-corrected chi connectivity index (χ4v) is 2.56. The first-order valence-corrected chi connectivity index (χ1v) is 7.52. The van der Waals surface area contributed by atoms with Crippen molar-refractivity contribution in [3.8, 4) is 11.8 Å². The molecular formula is C17H19BN2O3. The van der Waals surface area contributed by atoms with Crippen molar-refractivity contribution in [2.24, 2.45) is 0 Å². The summed E-state index contributed by atoms with van der Waals surface area (Å²) in [4.78, 5) is 4.30. The van der Waals surface area contributed by atoms with Crippen LogP contribution in [0.2, 0.25) is 0 Å². The van der Waals surface area contributed by atoms with E-state index < -0.39 is 18.3 Å². The highest BCUT2D eigenvalue weighted by atomic mass is 16.7. The Hall–Kier alpha value is -2.10. The summed E-state index contributed by atoms with van der Waals surface area (Å²) >= 11 is 0. The van der Waals surface area contributed by atoms with E-state index in [0.29, 0.717) is 17.0 Å². The molecule has 1 aliphatic rings. The average Bonchev–Trinajstić information content (AvgIpc) is 2.73. The molecule has 0 amide bonds. The molecule has 1 saturated heterocycles. The molecule has 23 heavy (non-hydrogen) atoms. The minimum atomic E-state index is -0.505. The number of rotatable bonds is 2. The molecule has 1 aliphatic heterocycles. The highest BCUT2D eigenvalue weighted by molar-refractivity contribution is 6.63. The van der Waals surface area contributed by atoms with E-state index in [1.807, 2.05) is 52.0 Å². The Balaban J connectivity index is 2.10. The Morgan fingerprint density at radius 1 is 1.13 bits per heavy atom. The molecule has 1 aromatic heterocycles. The van der Waals surface area contributed by atoms with E-state index in [2.05, 4.69) is 4.98 Å². The molecule has 2 heterocycles. The first-order valence-electron chi connectivity index (χ1n) is 7.52. The third-order valence-corrected chi connectivity index (χ3v) is 4.66. The third-order valence-electron chi connectivity index (χ3n) is 4.66. The van der Waals surface area contributed by atoms with Crippen LogP contribution in [0.3, 0.4) is 0 Å². The summed E-state index contributed by atoms with van der Waals surface area (Å²) in [5.74, 6) is 0.638. The van der Waals surface area contributed by atoms with Crippen molar-refractivity contribution in [3.63, 3.8) is 0 Å². The van der Waals surface area contributed by atoms with Crippen LogP contribution in [0.4, 0.5) is 0 Å². The molecule has 0 aliphatic carbocycles. The van der Waals surface area contributed by atoms with Crippen LogP contribution in [0.25, 0.3) is 10.9 Å². The number of fused-ring (bicyclic) bond motifs is 1. The molecule has 0 saturated carbocycles. The normalized spacial score (nSPS) is 18.9. The third kappa shape index (κ3) is 2.56. The van der Waals surface area contributed by atoms with E-state index in [9.17, 15) is 0 Å². The predicted octanol–water partition coefficient (Wildman–Crippen LogP) is 2.41. The van der Waals surface area contributed by atoms with Crippen molar-refractivity contribution in [2.45, 2.75) is 38.9 Å². The second kappa shape index (κ2) is 5.22. The molecule has 6 heteroatoms. The zero-order chi connectivity index (χ0) is 16.8. The van der Waals surface area contributed by atoms with Gasteiger partial charge in [-0.2, -0.15) is 5.26 Å². The number of nitriles is 1. The van der Waals surface area contributed by atoms with Gasteiger partial charge in [0.1, 0.15) is 17.5 Å². The Morgan fingerprint density at radius 3 is 2.35 bits per heavy atom. The van der Waals surface area contributed by atoms with Crippen LogP contribution in [-0.2, 0) is 9.31 Å². The SMILES string of the molecule is COc1cc2nc(C#N)ccc2cc1B1OC(C)(C)C(C)(C)O1. The summed E-state index contributed by atoms with van der Waals surface area (Å²) in [5, 5.41) is 9.89. The molecule has 1 fully saturated rings. The average molecular weight is 310 g/mol. The Morgan fingerprint density at radius 2 is 1.78 bits per heavy atom. The number of pyridine rings is 1. The van der Waals surface area contributed by atoms with Gasteiger partial charge in [0, 0.05) is 16.9 Å². The summed E-state index contributed by atoms with van der Waals surface area (Å²) in [7, 11) is 1.10. The molecule has 0 radical (unpaired) electrons. The van der Waals surface area contributed by atoms with E-state index in [4.69, 9.17) is 19.3 Å². The molecule has 3 rings (SSSR count). The minimum Gasteiger partial charge on any atom is -0.497 e. The molecule has 0 N–H and O–H groups in total. The van der Waals surface area contributed by atoms with Gasteiger partial charge in [0.2, 0.25) is 0 Å². The van der Waals surface area contributed by atoms with Gasteiger partial charge in [-0.15, -0.1) is 0 Å². The van der Waals surface area contributed by atoms with Gasteiger partial charge in [0.05, 0.1) is 23.8 Å². The highest BCUT2D eigenvalue weighted by Crippen LogP contribution is 2.37. The zero-order valence-electron chi connectivity index (χ0n) is 14.0. The van der Waals surface area contributed by atoms with E-state index in [1.165, 1.54) is 0 Å². The van der Waals surface area contributed by atoms with Gasteiger partial charge in [0.15, 0.2) is 0 Å². The number of benzene rings is 1. The molecular weight excluding hydrogens is 291 g/mol. The first-order chi connectivity index (χ1) is 10.8. The van der Waals surface area contributed by atoms with Crippen molar-refractivity contribution in [3.05, 3.63) is 30.0 Å². The minimum absolute atomic E-state index is 0.378. The number of methoxy groups -OCH3 is 1. The quantitative estimate of drug-likeness (QED) is 0.797. The smallest absolute Gasteiger partial charge is 0.497 e. The van der Waals surface area contributed by atoms with Crippen LogP contribution < -0.4 is 10.2 Å². The van der Waals surface area contributed by atoms with Crippen molar-refractivity contribution in [1.82, 2.24) is 4.98 Å². The Labute approximate surface area is 136 Å². The lowest BCUT2D eigenvalue weighted by molar-refractivity contribution is 0.00578. The van der Waals surface area contributed by atoms with E-state index in [-0.39, 0.29) is 0 Å². The summed E-state index contributed by atoms with van der Waals surface area (Å²) < 4.78 is 17.7. The van der Waals surface area contributed by atoms with Gasteiger partial charge in [-0.05, 0) is 45.9 Å². The summed E-state index contributed by atoms with van der Waals surface area (Å²) in [6, 6.07) is 9.38. The van der Waals surface area contributed by atoms with Crippen LogP contribution >= 0.6 is 0 Å². The van der Waals surface area contributed by atoms with Crippen LogP contribution in [0.5, 0.6) is 5.75 Å². The Kier molecular flexibility index (Phi) is 3.59. The topological polar surface area (TPSA) is 64.4 Å². The molecule has 0 atom stereocenters. The van der Waals surface area contributed by atoms with Gasteiger partial charge in [-0.1, -0.05) is 0 Å². The van der Waals surface area contributed by atoms with E-state index in [1.54, 1.807) is 13.2 Å². The molecule has 5 nitrogen and oxygen atoms in total. The van der Waals surface area contributed by atoms with Crippen LogP contribution in [-0.4, -0.2) is 30.4 Å². The lowest BCUT2D eigenvalue weighted by Crippen LogP contribution is -2.41. The van der Waals surface area contributed by atoms with Crippen LogP contribution in [0, 0.1) is 11.3 Å². The summed E-state index contributed by atoms with van der Waals surface area (Å²) in [6.45, 7) is 8.06. The number of aromatic nitrogens is 1. The van der Waals surface area contributed by atoms with Crippen molar-refractivity contribution in [2.75, 3.05) is 7.11 Å². The molecule has 2 aromatic rings. The largest absolute Gasteiger partial charge is 0.498 e. The second-order valence-electron chi connectivity index (χ2n) is 6.68. The van der Waals surface area contributed by atoms with Gasteiger partial charge in [-0.3, -0.25) is 0 Å². The first kappa shape index (κ1) is 15.8. The molecule has 0 bridgehead atoms. The molecule has 0 unspecified atom stereocenters. The fraction of sp³-hybridized carbons (Fsp3) is 0.412. The van der Waals surface area contributed by atoms with E-state index in [0.717, 1.165) is 10.8 Å². The van der Waals surface area contributed by atoms with Crippen molar-refractivity contribution in [1.29, 1.82) is 5.26 Å². The predicted molar refractivity (Wildman–Crippen MR) is 88.7 cm³/mol. The maximum atomic E-state index is 8.98. The molecule has 118 valence electrons. The lowest BCUT2D eigenvalue weighted by atomic mass is 9.77. The maximum Gasteiger partial charge on any atom is 0.498 e. The highest BCUT2D eigenvalue weighted by Gasteiger charge is 2.52. The second-order valence-corrected chi connectivity index (χ2v) is 6.68. The van der Waals surface area contributed by atoms with Gasteiger partial charge in [-0.25, -0.2) is 4.98 Å². The standard InChI is InChI=1S/C17H19BN2O3/c1-16(2)17(3,4)23-18(22-16)13-8-11-6-7-12(10-19)20-14(11)9-15(13)21-5/h6-9H,1-5H3. The number of hydrogen-bond acceptors (Lipinski definition) is 5. The van der Waals surface area contributed by atoms with Gasteiger partial charge in [0.25, 0.3) is 0 Å². The Bertz CT molecular complexity index is 795. The summed E-state index contributed by atoms with van der Waals surface area (Å²) in [6.07, 6.45) is 0. The van der Waals surface area contributed by atoms with Crippen molar-refractivity contribution >= 4 is 23.5 Å². The molecule has 1 aromatic carbocycles. The lowest BCUT2D eigenvalue weighted by Gasteiger charge is -2.32. The maximum absolute atomic E-state index is 8.98. The number of ether oxygens (including phenoxy) is 1. The van der Waals surface area contributed by atoms with Crippen LogP contribution in [0.15, 0.2) is 24.3 Å². The fourth-order valence-electron chi connectivity index (χ4n) is 2.56. The number of nitrogens with zero attached hydrogens (tertiary/aromatic N) is 2. The molecule has 0 spiro atoms. The van der Waals surface area contributed by atoms with Crippen LogP contribution in [0.1, 0.15) is 33.4 Å². The summed E-state index contributed by atoms with van der Waals surface area (Å²) in [5.41, 5.74) is 1.08. The number of hydrogen-bond donors (Lipinski definition) is 0. The van der Waals surface area contributed by atoms with Gasteiger partial charge >= 0.3 is 7.12 Å². The van der Waals surface area contributed by atoms with Gasteiger partial charge < -0.3 is 14.0 Å². The monoisotopic (exact) mass is 310 g/mol. The van der Waals surface area contributed by atoms with Crippen molar-refractivity contribution < 1.29 is 14.0 Å². The zero-order valence-corrected chi connectivity index (χ0v) is 14.0. The van der Waals surface area contributed by atoms with E-state index >= 15 is 0 Å².